The van der Waals surface area contributed by atoms with E-state index >= 15 is 0 Å². The van der Waals surface area contributed by atoms with E-state index in [1.807, 2.05) is 12.1 Å². The van der Waals surface area contributed by atoms with Gasteiger partial charge in [0.1, 0.15) is 5.75 Å². The predicted molar refractivity (Wildman–Crippen MR) is 115 cm³/mol. The second-order valence-electron chi connectivity index (χ2n) is 7.89. The van der Waals surface area contributed by atoms with E-state index in [1.165, 1.54) is 18.2 Å². The number of nitrogens with one attached hydrogen (secondary N) is 2. The minimum absolute atomic E-state index is 0.0409. The minimum atomic E-state index is -0.451. The van der Waals surface area contributed by atoms with Crippen molar-refractivity contribution in [1.82, 2.24) is 5.32 Å². The van der Waals surface area contributed by atoms with Gasteiger partial charge in [0.05, 0.1) is 11.0 Å². The number of rotatable bonds is 6. The van der Waals surface area contributed by atoms with E-state index in [0.717, 1.165) is 30.5 Å². The van der Waals surface area contributed by atoms with E-state index in [4.69, 9.17) is 0 Å². The van der Waals surface area contributed by atoms with Crippen LogP contribution in [0.5, 0.6) is 5.75 Å². The number of phenolic OH excluding ortho intramolecular Hbond substituents is 1. The Labute approximate surface area is 175 Å². The van der Waals surface area contributed by atoms with Gasteiger partial charge in [-0.05, 0) is 48.6 Å². The molecule has 30 heavy (non-hydrogen) atoms. The molecule has 156 valence electrons. The lowest BCUT2D eigenvalue weighted by atomic mass is 9.76. The van der Waals surface area contributed by atoms with Crippen molar-refractivity contribution >= 4 is 17.3 Å². The Hall–Kier alpha value is -3.35. The standard InChI is InChI=1S/C23H25N3O4/c1-2-3-11-24-23(28)14-7-9-20-18(12-14)16-5-4-6-17(16)22(25-20)19-13-15(26(29)30)8-10-21(19)27/h4-5,7-10,12-13,16-17,22,25,27H,2-3,6,11H2,1H3,(H,24,28). The molecule has 1 aliphatic heterocycles. The fourth-order valence-corrected chi connectivity index (χ4v) is 4.43. The zero-order valence-corrected chi connectivity index (χ0v) is 16.8. The second kappa shape index (κ2) is 8.18. The highest BCUT2D eigenvalue weighted by Crippen LogP contribution is 2.51. The summed E-state index contributed by atoms with van der Waals surface area (Å²) in [7, 11) is 0. The summed E-state index contributed by atoms with van der Waals surface area (Å²) in [6, 6.07) is 9.48. The molecular formula is C23H25N3O4. The number of carbonyl (C=O) groups excluding carboxylic acids is 1. The van der Waals surface area contributed by atoms with Gasteiger partial charge in [-0.1, -0.05) is 25.5 Å². The summed E-state index contributed by atoms with van der Waals surface area (Å²) in [6.45, 7) is 2.74. The third-order valence-electron chi connectivity index (χ3n) is 6.00. The number of nitro groups is 1. The van der Waals surface area contributed by atoms with Gasteiger partial charge in [0.25, 0.3) is 11.6 Å². The number of nitrogens with zero attached hydrogens (tertiary/aromatic N) is 1. The normalized spacial score (nSPS) is 21.4. The molecule has 0 fully saturated rings. The number of non-ortho nitro benzene ring substituents is 1. The molecule has 4 rings (SSSR count). The first kappa shape index (κ1) is 19.9. The molecule has 0 aromatic heterocycles. The monoisotopic (exact) mass is 407 g/mol. The van der Waals surface area contributed by atoms with Gasteiger partial charge in [-0.2, -0.15) is 0 Å². The third kappa shape index (κ3) is 3.63. The number of nitro benzene ring substituents is 1. The molecule has 3 atom stereocenters. The topological polar surface area (TPSA) is 104 Å². The van der Waals surface area contributed by atoms with Gasteiger partial charge in [0.15, 0.2) is 0 Å². The Morgan fingerprint density at radius 2 is 2.10 bits per heavy atom. The number of fused-ring (bicyclic) bond motifs is 3. The van der Waals surface area contributed by atoms with Gasteiger partial charge in [0.2, 0.25) is 0 Å². The number of unbranched alkanes of at least 4 members (excludes halogenated alkanes) is 1. The van der Waals surface area contributed by atoms with E-state index in [-0.39, 0.29) is 35.2 Å². The molecule has 0 bridgehead atoms. The third-order valence-corrected chi connectivity index (χ3v) is 6.00. The number of allylic oxidation sites excluding steroid dienone is 2. The molecule has 0 radical (unpaired) electrons. The maximum absolute atomic E-state index is 12.5. The van der Waals surface area contributed by atoms with E-state index in [0.29, 0.717) is 17.7 Å². The van der Waals surface area contributed by atoms with Crippen molar-refractivity contribution in [2.75, 3.05) is 11.9 Å². The lowest BCUT2D eigenvalue weighted by Gasteiger charge is -2.37. The molecule has 0 saturated heterocycles. The second-order valence-corrected chi connectivity index (χ2v) is 7.89. The van der Waals surface area contributed by atoms with Crippen molar-refractivity contribution in [2.24, 2.45) is 5.92 Å². The lowest BCUT2D eigenvalue weighted by molar-refractivity contribution is -0.385. The molecule has 2 aromatic carbocycles. The van der Waals surface area contributed by atoms with Crippen LogP contribution in [-0.2, 0) is 0 Å². The SMILES string of the molecule is CCCCNC(=O)c1ccc2c(c1)C1C=CCC1C(c1cc([N+](=O)[O-])ccc1O)N2. The molecule has 2 aliphatic rings. The highest BCUT2D eigenvalue weighted by molar-refractivity contribution is 5.95. The van der Waals surface area contributed by atoms with Crippen LogP contribution in [0.4, 0.5) is 11.4 Å². The van der Waals surface area contributed by atoms with Crippen molar-refractivity contribution in [1.29, 1.82) is 0 Å². The van der Waals surface area contributed by atoms with Gasteiger partial charge in [-0.15, -0.1) is 0 Å². The number of aromatic hydroxyl groups is 1. The largest absolute Gasteiger partial charge is 0.508 e. The minimum Gasteiger partial charge on any atom is -0.508 e. The molecule has 1 amide bonds. The Bertz CT molecular complexity index is 1020. The summed E-state index contributed by atoms with van der Waals surface area (Å²) >= 11 is 0. The van der Waals surface area contributed by atoms with Crippen LogP contribution >= 0.6 is 0 Å². The maximum atomic E-state index is 12.5. The quantitative estimate of drug-likeness (QED) is 0.280. The molecule has 3 N–H and O–H groups in total. The van der Waals surface area contributed by atoms with Crippen LogP contribution in [0.25, 0.3) is 0 Å². The van der Waals surface area contributed by atoms with Crippen molar-refractivity contribution in [3.63, 3.8) is 0 Å². The predicted octanol–water partition coefficient (Wildman–Crippen LogP) is 4.66. The van der Waals surface area contributed by atoms with E-state index in [2.05, 4.69) is 29.7 Å². The highest BCUT2D eigenvalue weighted by Gasteiger charge is 2.39. The Kier molecular flexibility index (Phi) is 5.44. The molecule has 7 heteroatoms. The van der Waals surface area contributed by atoms with Crippen LogP contribution in [0, 0.1) is 16.0 Å². The average molecular weight is 407 g/mol. The lowest BCUT2D eigenvalue weighted by Crippen LogP contribution is -2.30. The molecule has 0 saturated carbocycles. The van der Waals surface area contributed by atoms with E-state index in [1.54, 1.807) is 6.07 Å². The van der Waals surface area contributed by atoms with Crippen LogP contribution in [-0.4, -0.2) is 22.5 Å². The Morgan fingerprint density at radius 1 is 1.27 bits per heavy atom. The van der Waals surface area contributed by atoms with Crippen LogP contribution in [0.3, 0.4) is 0 Å². The number of carbonyl (C=O) groups is 1. The molecule has 1 aliphatic carbocycles. The fourth-order valence-electron chi connectivity index (χ4n) is 4.43. The summed E-state index contributed by atoms with van der Waals surface area (Å²) in [5.41, 5.74) is 3.02. The first-order valence-corrected chi connectivity index (χ1v) is 10.3. The molecule has 0 spiro atoms. The van der Waals surface area contributed by atoms with Crippen molar-refractivity contribution in [3.05, 3.63) is 75.4 Å². The number of hydrogen-bond donors (Lipinski definition) is 3. The van der Waals surface area contributed by atoms with Crippen LogP contribution < -0.4 is 10.6 Å². The molecule has 3 unspecified atom stereocenters. The maximum Gasteiger partial charge on any atom is 0.270 e. The van der Waals surface area contributed by atoms with Crippen LogP contribution in [0.15, 0.2) is 48.6 Å². The number of anilines is 1. The number of amides is 1. The van der Waals surface area contributed by atoms with Gasteiger partial charge >= 0.3 is 0 Å². The van der Waals surface area contributed by atoms with Crippen molar-refractivity contribution in [3.8, 4) is 5.75 Å². The highest BCUT2D eigenvalue weighted by atomic mass is 16.6. The van der Waals surface area contributed by atoms with E-state index in [9.17, 15) is 20.0 Å². The van der Waals surface area contributed by atoms with Crippen molar-refractivity contribution < 1.29 is 14.8 Å². The van der Waals surface area contributed by atoms with Crippen molar-refractivity contribution in [2.45, 2.75) is 38.1 Å². The Balaban J connectivity index is 1.66. The van der Waals surface area contributed by atoms with Gasteiger partial charge in [-0.3, -0.25) is 14.9 Å². The van der Waals surface area contributed by atoms with Gasteiger partial charge in [-0.25, -0.2) is 0 Å². The summed E-state index contributed by atoms with van der Waals surface area (Å²) in [5.74, 6) is 0.138. The summed E-state index contributed by atoms with van der Waals surface area (Å²) in [6.07, 6.45) is 6.98. The Morgan fingerprint density at radius 3 is 2.87 bits per heavy atom. The molecular weight excluding hydrogens is 382 g/mol. The van der Waals surface area contributed by atoms with Gasteiger partial charge < -0.3 is 15.7 Å². The fraction of sp³-hybridized carbons (Fsp3) is 0.348. The zero-order valence-electron chi connectivity index (χ0n) is 16.8. The summed E-state index contributed by atoms with van der Waals surface area (Å²) < 4.78 is 0. The van der Waals surface area contributed by atoms with E-state index < -0.39 is 4.92 Å². The first-order valence-electron chi connectivity index (χ1n) is 10.3. The summed E-state index contributed by atoms with van der Waals surface area (Å²) in [4.78, 5) is 23.3. The number of hydrogen-bond acceptors (Lipinski definition) is 5. The number of benzene rings is 2. The smallest absolute Gasteiger partial charge is 0.270 e. The van der Waals surface area contributed by atoms with Gasteiger partial charge in [0, 0.05) is 41.4 Å². The summed E-state index contributed by atoms with van der Waals surface area (Å²) in [5, 5.41) is 28.0. The van der Waals surface area contributed by atoms with Crippen LogP contribution in [0.2, 0.25) is 0 Å². The average Bonchev–Trinajstić information content (AvgIpc) is 3.23. The molecule has 2 aromatic rings. The molecule has 1 heterocycles. The van der Waals surface area contributed by atoms with Crippen LogP contribution in [0.1, 0.15) is 59.6 Å². The molecule has 7 nitrogen and oxygen atoms in total. The zero-order chi connectivity index (χ0) is 21.3. The number of phenols is 1. The first-order chi connectivity index (χ1) is 14.5.